The zero-order chi connectivity index (χ0) is 20.6. The molecule has 0 fully saturated rings. The predicted octanol–water partition coefficient (Wildman–Crippen LogP) is 4.38. The molecule has 2 heterocycles. The Bertz CT molecular complexity index is 1280. The Balaban J connectivity index is 1.89. The van der Waals surface area contributed by atoms with Crippen molar-refractivity contribution in [1.29, 1.82) is 5.26 Å². The molecule has 0 saturated carbocycles. The number of alkyl halides is 3. The first-order valence-electron chi connectivity index (χ1n) is 8.68. The highest BCUT2D eigenvalue weighted by Gasteiger charge is 2.31. The van der Waals surface area contributed by atoms with Gasteiger partial charge < -0.3 is 4.42 Å². The number of nitrogens with zero attached hydrogens (tertiary/aromatic N) is 3. The van der Waals surface area contributed by atoms with Crippen LogP contribution in [0.5, 0.6) is 0 Å². The highest BCUT2D eigenvalue weighted by molar-refractivity contribution is 5.77. The van der Waals surface area contributed by atoms with E-state index >= 15 is 0 Å². The van der Waals surface area contributed by atoms with Crippen molar-refractivity contribution >= 4 is 11.0 Å². The lowest BCUT2D eigenvalue weighted by Gasteiger charge is -2.08. The number of hydrogen-bond donors (Lipinski definition) is 0. The molecule has 4 aromatic rings. The molecule has 0 N–H and O–H groups in total. The highest BCUT2D eigenvalue weighted by Crippen LogP contribution is 2.31. The molecule has 0 radical (unpaired) electrons. The first kappa shape index (κ1) is 18.6. The van der Waals surface area contributed by atoms with Crippen molar-refractivity contribution in [2.75, 3.05) is 0 Å². The first-order chi connectivity index (χ1) is 13.9. The molecular weight excluding hydrogens is 383 g/mol. The zero-order valence-electron chi connectivity index (χ0n) is 15.0. The minimum atomic E-state index is -4.53. The van der Waals surface area contributed by atoms with E-state index < -0.39 is 17.4 Å². The van der Waals surface area contributed by atoms with Crippen LogP contribution >= 0.6 is 0 Å². The van der Waals surface area contributed by atoms with Crippen molar-refractivity contribution < 1.29 is 17.6 Å². The average molecular weight is 397 g/mol. The van der Waals surface area contributed by atoms with Crippen LogP contribution in [-0.2, 0) is 19.3 Å². The minimum Gasteiger partial charge on any atom is -0.467 e. The predicted molar refractivity (Wildman–Crippen MR) is 99.3 cm³/mol. The van der Waals surface area contributed by atoms with Crippen molar-refractivity contribution in [2.45, 2.75) is 19.3 Å². The highest BCUT2D eigenvalue weighted by atomic mass is 19.4. The molecular formula is C21H14F3N3O2. The number of halogens is 3. The van der Waals surface area contributed by atoms with Crippen molar-refractivity contribution in [3.63, 3.8) is 0 Å². The Kier molecular flexibility index (Phi) is 4.51. The number of fused-ring (bicyclic) bond motifs is 1. The Morgan fingerprint density at radius 3 is 2.45 bits per heavy atom. The smallest absolute Gasteiger partial charge is 0.416 e. The molecule has 2 aromatic carbocycles. The summed E-state index contributed by atoms with van der Waals surface area (Å²) in [6, 6.07) is 15.2. The third kappa shape index (κ3) is 3.55. The number of imidazole rings is 1. The SMILES string of the molecule is N#Cc1cccc(Cn2c(=O)n(Cc3ccco3)c3ccc(C(F)(F)F)cc32)c1. The van der Waals surface area contributed by atoms with E-state index in [9.17, 15) is 18.0 Å². The van der Waals surface area contributed by atoms with Crippen LogP contribution < -0.4 is 5.69 Å². The quantitative estimate of drug-likeness (QED) is 0.513. The lowest BCUT2D eigenvalue weighted by atomic mass is 10.1. The maximum Gasteiger partial charge on any atom is 0.416 e. The maximum absolute atomic E-state index is 13.2. The standard InChI is InChI=1S/C21H14F3N3O2/c22-21(23,24)16-6-7-18-19(10-16)26(12-15-4-1-3-14(9-15)11-25)20(28)27(18)13-17-5-2-8-29-17/h1-10H,12-13H2. The van der Waals surface area contributed by atoms with Gasteiger partial charge in [0.2, 0.25) is 0 Å². The Labute approximate surface area is 162 Å². The number of benzene rings is 2. The second kappa shape index (κ2) is 7.02. The van der Waals surface area contributed by atoms with Crippen LogP contribution in [0.25, 0.3) is 11.0 Å². The molecule has 29 heavy (non-hydrogen) atoms. The molecule has 5 nitrogen and oxygen atoms in total. The largest absolute Gasteiger partial charge is 0.467 e. The molecule has 0 aliphatic rings. The molecule has 0 saturated heterocycles. The van der Waals surface area contributed by atoms with Crippen molar-refractivity contribution in [2.24, 2.45) is 0 Å². The molecule has 0 aliphatic carbocycles. The normalized spacial score (nSPS) is 11.7. The molecule has 0 bridgehead atoms. The fourth-order valence-corrected chi connectivity index (χ4v) is 3.28. The average Bonchev–Trinajstić information content (AvgIpc) is 3.30. The van der Waals surface area contributed by atoms with Crippen LogP contribution in [0, 0.1) is 11.3 Å². The number of hydrogen-bond acceptors (Lipinski definition) is 3. The molecule has 0 atom stereocenters. The lowest BCUT2D eigenvalue weighted by molar-refractivity contribution is -0.137. The second-order valence-electron chi connectivity index (χ2n) is 6.55. The van der Waals surface area contributed by atoms with E-state index in [1.165, 1.54) is 21.5 Å². The summed E-state index contributed by atoms with van der Waals surface area (Å²) in [5, 5.41) is 9.07. The van der Waals surface area contributed by atoms with Gasteiger partial charge in [-0.25, -0.2) is 4.79 Å². The second-order valence-corrected chi connectivity index (χ2v) is 6.55. The van der Waals surface area contributed by atoms with Crippen LogP contribution in [-0.4, -0.2) is 9.13 Å². The fourth-order valence-electron chi connectivity index (χ4n) is 3.28. The maximum atomic E-state index is 13.2. The molecule has 2 aromatic heterocycles. The molecule has 0 spiro atoms. The summed E-state index contributed by atoms with van der Waals surface area (Å²) in [4.78, 5) is 13.1. The van der Waals surface area contributed by atoms with Gasteiger partial charge in [0, 0.05) is 0 Å². The minimum absolute atomic E-state index is 0.0390. The summed E-state index contributed by atoms with van der Waals surface area (Å²) in [5.74, 6) is 0.512. The van der Waals surface area contributed by atoms with Crippen LogP contribution in [0.1, 0.15) is 22.5 Å². The molecule has 0 amide bonds. The van der Waals surface area contributed by atoms with Gasteiger partial charge in [0.15, 0.2) is 0 Å². The van der Waals surface area contributed by atoms with Gasteiger partial charge in [0.1, 0.15) is 5.76 Å². The molecule has 0 aliphatic heterocycles. The molecule has 4 rings (SSSR count). The van der Waals surface area contributed by atoms with Crippen molar-refractivity contribution in [1.82, 2.24) is 9.13 Å². The van der Waals surface area contributed by atoms with Gasteiger partial charge >= 0.3 is 11.9 Å². The fraction of sp³-hybridized carbons (Fsp3) is 0.143. The van der Waals surface area contributed by atoms with Gasteiger partial charge in [0.25, 0.3) is 0 Å². The topological polar surface area (TPSA) is 63.9 Å². The summed E-state index contributed by atoms with van der Waals surface area (Å²) in [5.41, 5.74) is 0.291. The summed E-state index contributed by atoms with van der Waals surface area (Å²) in [6.07, 6.45) is -3.06. The summed E-state index contributed by atoms with van der Waals surface area (Å²) >= 11 is 0. The number of rotatable bonds is 4. The number of aromatic nitrogens is 2. The third-order valence-corrected chi connectivity index (χ3v) is 4.64. The van der Waals surface area contributed by atoms with Gasteiger partial charge in [-0.05, 0) is 48.0 Å². The van der Waals surface area contributed by atoms with Gasteiger partial charge in [-0.2, -0.15) is 18.4 Å². The van der Waals surface area contributed by atoms with Gasteiger partial charge in [-0.1, -0.05) is 12.1 Å². The van der Waals surface area contributed by atoms with Crippen LogP contribution in [0.2, 0.25) is 0 Å². The molecule has 0 unspecified atom stereocenters. The number of nitriles is 1. The first-order valence-corrected chi connectivity index (χ1v) is 8.68. The van der Waals surface area contributed by atoms with E-state index in [4.69, 9.17) is 9.68 Å². The van der Waals surface area contributed by atoms with E-state index in [-0.39, 0.29) is 18.6 Å². The van der Waals surface area contributed by atoms with Crippen LogP contribution in [0.15, 0.2) is 70.1 Å². The monoisotopic (exact) mass is 397 g/mol. The zero-order valence-corrected chi connectivity index (χ0v) is 15.0. The Hall–Kier alpha value is -3.73. The van der Waals surface area contributed by atoms with E-state index in [1.54, 1.807) is 36.4 Å². The summed E-state index contributed by atoms with van der Waals surface area (Å²) in [6.45, 7) is 0.135. The lowest BCUT2D eigenvalue weighted by Crippen LogP contribution is -2.25. The Morgan fingerprint density at radius 2 is 1.76 bits per heavy atom. The third-order valence-electron chi connectivity index (χ3n) is 4.64. The van der Waals surface area contributed by atoms with Gasteiger partial charge in [-0.15, -0.1) is 0 Å². The van der Waals surface area contributed by atoms with Crippen LogP contribution in [0.4, 0.5) is 13.2 Å². The van der Waals surface area contributed by atoms with E-state index in [0.29, 0.717) is 22.4 Å². The summed E-state index contributed by atoms with van der Waals surface area (Å²) < 4.78 is 47.7. The molecule has 146 valence electrons. The van der Waals surface area contributed by atoms with E-state index in [1.807, 2.05) is 6.07 Å². The van der Waals surface area contributed by atoms with Crippen molar-refractivity contribution in [3.05, 3.63) is 93.8 Å². The summed E-state index contributed by atoms with van der Waals surface area (Å²) in [7, 11) is 0. The Morgan fingerprint density at radius 1 is 0.966 bits per heavy atom. The van der Waals surface area contributed by atoms with E-state index in [2.05, 4.69) is 0 Å². The van der Waals surface area contributed by atoms with Crippen LogP contribution in [0.3, 0.4) is 0 Å². The van der Waals surface area contributed by atoms with Gasteiger partial charge in [0.05, 0.1) is 47.6 Å². The van der Waals surface area contributed by atoms with Gasteiger partial charge in [-0.3, -0.25) is 9.13 Å². The number of furan rings is 1. The molecule has 8 heteroatoms. The van der Waals surface area contributed by atoms with Crippen molar-refractivity contribution in [3.8, 4) is 6.07 Å². The van der Waals surface area contributed by atoms with E-state index in [0.717, 1.165) is 12.1 Å².